The van der Waals surface area contributed by atoms with Crippen molar-refractivity contribution in [3.05, 3.63) is 62.5 Å². The number of nitrogens with two attached hydrogens (primary N) is 2. The lowest BCUT2D eigenvalue weighted by atomic mass is 10.3. The minimum Gasteiger partial charge on any atom is -0.391 e. The second-order valence-corrected chi connectivity index (χ2v) is 8.91. The smallest absolute Gasteiger partial charge is 0.275 e. The summed E-state index contributed by atoms with van der Waals surface area (Å²) < 4.78 is 28.5. The van der Waals surface area contributed by atoms with Crippen LogP contribution in [0, 0.1) is 6.92 Å². The number of halogens is 2. The van der Waals surface area contributed by atoms with Crippen LogP contribution in [-0.4, -0.2) is 43.8 Å². The number of amides is 1. The molecule has 0 unspecified atom stereocenters. The normalized spacial score (nSPS) is 12.5. The first-order chi connectivity index (χ1) is 15.5. The number of aromatic nitrogens is 1. The zero-order chi connectivity index (χ0) is 25.0. The van der Waals surface area contributed by atoms with Crippen LogP contribution in [0.25, 0.3) is 0 Å². The van der Waals surface area contributed by atoms with E-state index in [1.807, 2.05) is 0 Å². The maximum absolute atomic E-state index is 12.8. The average Bonchev–Trinajstić information content (AvgIpc) is 2.75. The molecule has 14 heteroatoms. The number of anilines is 1. The molecule has 33 heavy (non-hydrogen) atoms. The molecular weight excluding hydrogens is 495 g/mol. The van der Waals surface area contributed by atoms with Gasteiger partial charge in [-0.1, -0.05) is 35.4 Å². The Morgan fingerprint density at radius 1 is 1.30 bits per heavy atom. The predicted molar refractivity (Wildman–Crippen MR) is 130 cm³/mol. The van der Waals surface area contributed by atoms with Crippen LogP contribution in [0.2, 0.25) is 0 Å². The van der Waals surface area contributed by atoms with Crippen molar-refractivity contribution >= 4 is 50.8 Å². The highest BCUT2D eigenvalue weighted by Crippen LogP contribution is 2.12. The maximum atomic E-state index is 12.8. The van der Waals surface area contributed by atoms with Gasteiger partial charge in [0.15, 0.2) is 0 Å². The van der Waals surface area contributed by atoms with Crippen molar-refractivity contribution in [3.63, 3.8) is 0 Å². The van der Waals surface area contributed by atoms with Gasteiger partial charge in [0.2, 0.25) is 21.9 Å². The molecule has 0 saturated heterocycles. The van der Waals surface area contributed by atoms with E-state index in [4.69, 9.17) is 39.5 Å². The van der Waals surface area contributed by atoms with Crippen molar-refractivity contribution in [1.29, 1.82) is 0 Å². The third-order valence-electron chi connectivity index (χ3n) is 3.87. The van der Waals surface area contributed by atoms with Crippen LogP contribution < -0.4 is 27.1 Å². The molecule has 1 rings (SSSR count). The standard InChI is InChI=1S/C19H26Cl2N6O5S/c1-3-15(21)6-5-14(10-20)12-33(30,31)26-16-7-4-13(2)27(18(16)29)11-17(28)24-8-9-32-25-19(22)23/h3-7,10,26H,8-9,11-12H2,1-2H3,(H,24,28)(H4,22,23,25)/b6-5-,14-10-,15-3+. The van der Waals surface area contributed by atoms with E-state index in [9.17, 15) is 18.0 Å². The Morgan fingerprint density at radius 3 is 2.61 bits per heavy atom. The zero-order valence-corrected chi connectivity index (χ0v) is 20.4. The van der Waals surface area contributed by atoms with Gasteiger partial charge in [-0.2, -0.15) is 0 Å². The fourth-order valence-corrected chi connectivity index (χ4v) is 3.81. The number of nitrogens with one attached hydrogen (secondary N) is 2. The molecule has 0 radical (unpaired) electrons. The van der Waals surface area contributed by atoms with Gasteiger partial charge in [0.05, 0.1) is 12.3 Å². The second-order valence-electron chi connectivity index (χ2n) is 6.53. The van der Waals surface area contributed by atoms with Crippen molar-refractivity contribution in [2.45, 2.75) is 20.4 Å². The molecule has 11 nitrogen and oxygen atoms in total. The Hall–Kier alpha value is -2.96. The minimum atomic E-state index is -3.99. The van der Waals surface area contributed by atoms with Crippen LogP contribution in [0.5, 0.6) is 0 Å². The van der Waals surface area contributed by atoms with Gasteiger partial charge < -0.3 is 26.2 Å². The summed E-state index contributed by atoms with van der Waals surface area (Å²) in [6.07, 6.45) is 4.56. The lowest BCUT2D eigenvalue weighted by Crippen LogP contribution is -2.36. The fraction of sp³-hybridized carbons (Fsp3) is 0.316. The van der Waals surface area contributed by atoms with E-state index in [1.54, 1.807) is 19.9 Å². The lowest BCUT2D eigenvalue weighted by molar-refractivity contribution is -0.122. The van der Waals surface area contributed by atoms with E-state index >= 15 is 0 Å². The molecule has 6 N–H and O–H groups in total. The van der Waals surface area contributed by atoms with Gasteiger partial charge in [-0.15, -0.1) is 0 Å². The quantitative estimate of drug-likeness (QED) is 0.105. The number of hydrogen-bond acceptors (Lipinski definition) is 6. The molecular formula is C19H26Cl2N6O5S. The van der Waals surface area contributed by atoms with Crippen LogP contribution in [-0.2, 0) is 26.2 Å². The SMILES string of the molecule is C\C=C(Cl)/C=C\C(=C\Cl)CS(=O)(=O)Nc1ccc(C)n(CC(=O)NCCON=C(N)N)c1=O. The molecule has 0 aliphatic rings. The number of nitrogens with zero attached hydrogens (tertiary/aromatic N) is 2. The van der Waals surface area contributed by atoms with E-state index in [2.05, 4.69) is 15.2 Å². The molecule has 0 atom stereocenters. The van der Waals surface area contributed by atoms with E-state index < -0.39 is 27.2 Å². The van der Waals surface area contributed by atoms with Gasteiger partial charge >= 0.3 is 0 Å². The number of aryl methyl sites for hydroxylation is 1. The summed E-state index contributed by atoms with van der Waals surface area (Å²) in [6, 6.07) is 2.84. The number of hydrogen-bond donors (Lipinski definition) is 4. The Balaban J connectivity index is 2.90. The molecule has 1 aromatic heterocycles. The Labute approximate surface area is 201 Å². The average molecular weight is 521 g/mol. The van der Waals surface area contributed by atoms with E-state index in [0.29, 0.717) is 10.7 Å². The van der Waals surface area contributed by atoms with Crippen LogP contribution in [0.3, 0.4) is 0 Å². The van der Waals surface area contributed by atoms with Crippen LogP contribution in [0.4, 0.5) is 5.69 Å². The van der Waals surface area contributed by atoms with Crippen LogP contribution in [0.15, 0.2) is 56.5 Å². The molecule has 0 saturated carbocycles. The lowest BCUT2D eigenvalue weighted by Gasteiger charge is -2.13. The molecule has 0 bridgehead atoms. The molecule has 0 aromatic carbocycles. The number of carbonyl (C=O) groups excluding carboxylic acids is 1. The molecule has 1 amide bonds. The van der Waals surface area contributed by atoms with E-state index in [-0.39, 0.29) is 36.9 Å². The number of rotatable bonds is 12. The number of allylic oxidation sites excluding steroid dienone is 4. The zero-order valence-electron chi connectivity index (χ0n) is 18.0. The van der Waals surface area contributed by atoms with E-state index in [0.717, 1.165) is 10.1 Å². The summed E-state index contributed by atoms with van der Waals surface area (Å²) in [5, 5.41) is 6.24. The molecule has 0 spiro atoms. The van der Waals surface area contributed by atoms with Crippen LogP contribution >= 0.6 is 23.2 Å². The topological polar surface area (TPSA) is 171 Å². The molecule has 182 valence electrons. The number of guanidine groups is 1. The summed E-state index contributed by atoms with van der Waals surface area (Å²) in [6.45, 7) is 3.10. The van der Waals surface area contributed by atoms with E-state index in [1.165, 1.54) is 24.3 Å². The number of carbonyl (C=O) groups is 1. The third kappa shape index (κ3) is 10.5. The first kappa shape index (κ1) is 28.1. The molecule has 1 aromatic rings. The van der Waals surface area contributed by atoms with Gasteiger partial charge in [0.25, 0.3) is 5.56 Å². The number of oxime groups is 1. The number of sulfonamides is 1. The Kier molecular flexibility index (Phi) is 11.5. The summed E-state index contributed by atoms with van der Waals surface area (Å²) in [5.41, 5.74) is 11.1. The first-order valence-corrected chi connectivity index (χ1v) is 11.9. The number of pyridine rings is 1. The molecule has 1 heterocycles. The fourth-order valence-electron chi connectivity index (χ4n) is 2.32. The highest BCUT2D eigenvalue weighted by molar-refractivity contribution is 7.92. The Morgan fingerprint density at radius 2 is 2.00 bits per heavy atom. The minimum absolute atomic E-state index is 0.0154. The van der Waals surface area contributed by atoms with Gasteiger partial charge in [-0.05, 0) is 42.8 Å². The van der Waals surface area contributed by atoms with Crippen molar-refractivity contribution in [1.82, 2.24) is 9.88 Å². The van der Waals surface area contributed by atoms with Crippen molar-refractivity contribution < 1.29 is 18.0 Å². The molecule has 0 aliphatic carbocycles. The molecule has 0 aliphatic heterocycles. The molecule has 0 fully saturated rings. The first-order valence-electron chi connectivity index (χ1n) is 9.46. The summed E-state index contributed by atoms with van der Waals surface area (Å²) in [5.74, 6) is -1.24. The van der Waals surface area contributed by atoms with Crippen molar-refractivity contribution in [2.75, 3.05) is 23.6 Å². The largest absolute Gasteiger partial charge is 0.391 e. The summed E-state index contributed by atoms with van der Waals surface area (Å²) in [4.78, 5) is 29.7. The second kappa shape index (κ2) is 13.6. The van der Waals surface area contributed by atoms with Gasteiger partial charge in [-0.3, -0.25) is 14.3 Å². The highest BCUT2D eigenvalue weighted by atomic mass is 35.5. The third-order valence-corrected chi connectivity index (χ3v) is 5.74. The monoisotopic (exact) mass is 520 g/mol. The predicted octanol–water partition coefficient (Wildman–Crippen LogP) is 1.04. The Bertz CT molecular complexity index is 1120. The van der Waals surface area contributed by atoms with Gasteiger partial charge in [-0.25, -0.2) is 8.42 Å². The van der Waals surface area contributed by atoms with Crippen LogP contribution in [0.1, 0.15) is 12.6 Å². The highest BCUT2D eigenvalue weighted by Gasteiger charge is 2.17. The van der Waals surface area contributed by atoms with Gasteiger partial charge in [0.1, 0.15) is 18.8 Å². The van der Waals surface area contributed by atoms with Crippen molar-refractivity contribution in [3.8, 4) is 0 Å². The van der Waals surface area contributed by atoms with Gasteiger partial charge in [0, 0.05) is 16.3 Å². The maximum Gasteiger partial charge on any atom is 0.275 e. The summed E-state index contributed by atoms with van der Waals surface area (Å²) >= 11 is 11.6. The summed E-state index contributed by atoms with van der Waals surface area (Å²) in [7, 11) is -3.99. The van der Waals surface area contributed by atoms with Crippen molar-refractivity contribution in [2.24, 2.45) is 16.6 Å².